The van der Waals surface area contributed by atoms with E-state index in [1.54, 1.807) is 0 Å². The highest BCUT2D eigenvalue weighted by atomic mass is 16.6. The predicted molar refractivity (Wildman–Crippen MR) is 88.9 cm³/mol. The normalized spacial score (nSPS) is 19.5. The summed E-state index contributed by atoms with van der Waals surface area (Å²) in [6.45, 7) is 12.8. The van der Waals surface area contributed by atoms with Crippen molar-refractivity contribution in [3.8, 4) is 0 Å². The zero-order chi connectivity index (χ0) is 16.8. The zero-order valence-corrected chi connectivity index (χ0v) is 14.9. The summed E-state index contributed by atoms with van der Waals surface area (Å²) in [4.78, 5) is 14.1. The molecule has 5 heteroatoms. The first-order valence-corrected chi connectivity index (χ1v) is 8.46. The molecule has 0 aromatic rings. The number of hydrogen-bond donors (Lipinski definition) is 2. The number of hydrogen-bond acceptors (Lipinski definition) is 4. The van der Waals surface area contributed by atoms with Crippen molar-refractivity contribution in [2.24, 2.45) is 5.41 Å². The number of carbonyl (C=O) groups is 1. The average molecular weight is 314 g/mol. The highest BCUT2D eigenvalue weighted by molar-refractivity contribution is 5.69. The Morgan fingerprint density at radius 1 is 1.32 bits per heavy atom. The van der Waals surface area contributed by atoms with Gasteiger partial charge in [-0.1, -0.05) is 13.8 Å². The number of aliphatic hydroxyl groups is 1. The van der Waals surface area contributed by atoms with Crippen molar-refractivity contribution in [3.63, 3.8) is 0 Å². The second kappa shape index (κ2) is 8.16. The van der Waals surface area contributed by atoms with Crippen LogP contribution < -0.4 is 5.32 Å². The molecule has 0 saturated carbocycles. The summed E-state index contributed by atoms with van der Waals surface area (Å²) >= 11 is 0. The molecule has 1 atom stereocenters. The number of likely N-dealkylation sites (tertiary alicyclic amines) is 1. The molecule has 2 N–H and O–H groups in total. The Hall–Kier alpha value is -0.810. The van der Waals surface area contributed by atoms with E-state index in [2.05, 4.69) is 19.2 Å². The lowest BCUT2D eigenvalue weighted by Crippen LogP contribution is -2.45. The molecule has 1 unspecified atom stereocenters. The molecular weight excluding hydrogens is 280 g/mol. The summed E-state index contributed by atoms with van der Waals surface area (Å²) in [6, 6.07) is 0.225. The van der Waals surface area contributed by atoms with Crippen LogP contribution in [-0.4, -0.2) is 54.0 Å². The van der Waals surface area contributed by atoms with E-state index in [1.165, 1.54) is 0 Å². The first-order chi connectivity index (χ1) is 10.1. The summed E-state index contributed by atoms with van der Waals surface area (Å²) in [5.74, 6) is 0. The Bertz CT molecular complexity index is 350. The molecule has 1 saturated heterocycles. The third kappa shape index (κ3) is 6.97. The molecule has 1 fully saturated rings. The minimum Gasteiger partial charge on any atom is -0.444 e. The summed E-state index contributed by atoms with van der Waals surface area (Å²) in [5, 5.41) is 12.4. The lowest BCUT2D eigenvalue weighted by Gasteiger charge is -2.30. The molecule has 0 aliphatic carbocycles. The van der Waals surface area contributed by atoms with Gasteiger partial charge >= 0.3 is 6.09 Å². The smallest absolute Gasteiger partial charge is 0.410 e. The van der Waals surface area contributed by atoms with Crippen LogP contribution >= 0.6 is 0 Å². The second-order valence-electron chi connectivity index (χ2n) is 8.09. The summed E-state index contributed by atoms with van der Waals surface area (Å²) in [7, 11) is 0. The van der Waals surface area contributed by atoms with Gasteiger partial charge in [0.2, 0.25) is 0 Å². The Balaban J connectivity index is 2.40. The van der Waals surface area contributed by atoms with Crippen LogP contribution in [0.25, 0.3) is 0 Å². The second-order valence-corrected chi connectivity index (χ2v) is 8.09. The van der Waals surface area contributed by atoms with E-state index in [0.717, 1.165) is 45.3 Å². The molecule has 130 valence electrons. The van der Waals surface area contributed by atoms with Crippen molar-refractivity contribution in [2.45, 2.75) is 71.9 Å². The van der Waals surface area contributed by atoms with Crippen LogP contribution in [0.2, 0.25) is 0 Å². The van der Waals surface area contributed by atoms with Crippen LogP contribution in [0.1, 0.15) is 60.3 Å². The number of carbonyl (C=O) groups excluding carboxylic acids is 1. The van der Waals surface area contributed by atoms with Gasteiger partial charge in [0.1, 0.15) is 5.60 Å². The van der Waals surface area contributed by atoms with Gasteiger partial charge in [0.15, 0.2) is 0 Å². The maximum absolute atomic E-state index is 12.2. The first-order valence-electron chi connectivity index (χ1n) is 8.46. The zero-order valence-electron chi connectivity index (χ0n) is 14.9. The third-order valence-corrected chi connectivity index (χ3v) is 4.00. The fourth-order valence-corrected chi connectivity index (χ4v) is 2.83. The Morgan fingerprint density at radius 2 is 2.00 bits per heavy atom. The Labute approximate surface area is 135 Å². The largest absolute Gasteiger partial charge is 0.444 e. The molecule has 0 aromatic carbocycles. The Kier molecular flexibility index (Phi) is 7.13. The van der Waals surface area contributed by atoms with Crippen molar-refractivity contribution in [1.82, 2.24) is 10.2 Å². The molecule has 1 amide bonds. The standard InChI is InChI=1S/C17H34N2O3/c1-16(2,3)22-15(21)19-10-6-8-14(19)12-18-13-17(4,5)9-7-11-20/h14,18,20H,6-13H2,1-5H3. The van der Waals surface area contributed by atoms with E-state index in [-0.39, 0.29) is 24.2 Å². The molecule has 0 aromatic heterocycles. The number of amides is 1. The third-order valence-electron chi connectivity index (χ3n) is 4.00. The van der Waals surface area contributed by atoms with E-state index >= 15 is 0 Å². The van der Waals surface area contributed by atoms with Crippen molar-refractivity contribution < 1.29 is 14.6 Å². The molecule has 1 rings (SSSR count). The van der Waals surface area contributed by atoms with Crippen LogP contribution in [0.15, 0.2) is 0 Å². The fraction of sp³-hybridized carbons (Fsp3) is 0.941. The van der Waals surface area contributed by atoms with Gasteiger partial charge in [-0.3, -0.25) is 0 Å². The topological polar surface area (TPSA) is 61.8 Å². The maximum atomic E-state index is 12.2. The molecule has 1 aliphatic heterocycles. The number of nitrogens with zero attached hydrogens (tertiary/aromatic N) is 1. The van der Waals surface area contributed by atoms with Crippen LogP contribution in [-0.2, 0) is 4.74 Å². The monoisotopic (exact) mass is 314 g/mol. The van der Waals surface area contributed by atoms with Gasteiger partial charge in [-0.2, -0.15) is 0 Å². The van der Waals surface area contributed by atoms with Crippen molar-refractivity contribution in [1.29, 1.82) is 0 Å². The predicted octanol–water partition coefficient (Wildman–Crippen LogP) is 2.77. The number of aliphatic hydroxyl groups excluding tert-OH is 1. The van der Waals surface area contributed by atoms with E-state index in [1.807, 2.05) is 25.7 Å². The number of rotatable bonds is 7. The van der Waals surface area contributed by atoms with E-state index < -0.39 is 5.60 Å². The van der Waals surface area contributed by atoms with Crippen LogP contribution in [0.3, 0.4) is 0 Å². The van der Waals surface area contributed by atoms with Gasteiger partial charge in [0.25, 0.3) is 0 Å². The molecule has 0 spiro atoms. The SMILES string of the molecule is CC(C)(CCCO)CNCC1CCCN1C(=O)OC(C)(C)C. The number of nitrogens with one attached hydrogen (secondary N) is 1. The highest BCUT2D eigenvalue weighted by Gasteiger charge is 2.32. The van der Waals surface area contributed by atoms with Gasteiger partial charge in [0, 0.05) is 32.3 Å². The van der Waals surface area contributed by atoms with Gasteiger partial charge in [-0.25, -0.2) is 4.79 Å². The molecule has 22 heavy (non-hydrogen) atoms. The minimum absolute atomic E-state index is 0.165. The molecular formula is C17H34N2O3. The van der Waals surface area contributed by atoms with Crippen molar-refractivity contribution in [3.05, 3.63) is 0 Å². The lowest BCUT2D eigenvalue weighted by atomic mass is 9.88. The molecule has 1 heterocycles. The van der Waals surface area contributed by atoms with Crippen LogP contribution in [0, 0.1) is 5.41 Å². The van der Waals surface area contributed by atoms with Crippen molar-refractivity contribution >= 4 is 6.09 Å². The van der Waals surface area contributed by atoms with E-state index in [0.29, 0.717) is 0 Å². The quantitative estimate of drug-likeness (QED) is 0.758. The van der Waals surface area contributed by atoms with Crippen LogP contribution in [0.5, 0.6) is 0 Å². The molecule has 0 bridgehead atoms. The fourth-order valence-electron chi connectivity index (χ4n) is 2.83. The van der Waals surface area contributed by atoms with Crippen molar-refractivity contribution in [2.75, 3.05) is 26.2 Å². The van der Waals surface area contributed by atoms with Gasteiger partial charge in [-0.15, -0.1) is 0 Å². The minimum atomic E-state index is -0.441. The molecule has 1 aliphatic rings. The van der Waals surface area contributed by atoms with Gasteiger partial charge < -0.3 is 20.1 Å². The molecule has 0 radical (unpaired) electrons. The van der Waals surface area contributed by atoms with E-state index in [9.17, 15) is 4.79 Å². The summed E-state index contributed by atoms with van der Waals surface area (Å²) in [5.41, 5.74) is -0.276. The Morgan fingerprint density at radius 3 is 2.59 bits per heavy atom. The molecule has 5 nitrogen and oxygen atoms in total. The maximum Gasteiger partial charge on any atom is 0.410 e. The first kappa shape index (κ1) is 19.2. The summed E-state index contributed by atoms with van der Waals surface area (Å²) < 4.78 is 5.48. The lowest BCUT2D eigenvalue weighted by molar-refractivity contribution is 0.0225. The van der Waals surface area contributed by atoms with Gasteiger partial charge in [0.05, 0.1) is 0 Å². The van der Waals surface area contributed by atoms with E-state index in [4.69, 9.17) is 9.84 Å². The van der Waals surface area contributed by atoms with Crippen LogP contribution in [0.4, 0.5) is 4.79 Å². The average Bonchev–Trinajstić information content (AvgIpc) is 2.83. The summed E-state index contributed by atoms with van der Waals surface area (Å²) in [6.07, 6.45) is 3.71. The van der Waals surface area contributed by atoms with Gasteiger partial charge in [-0.05, 0) is 51.9 Å². The highest BCUT2D eigenvalue weighted by Crippen LogP contribution is 2.23. The number of ether oxygens (including phenoxy) is 1.